The van der Waals surface area contributed by atoms with Crippen LogP contribution in [-0.2, 0) is 16.1 Å². The lowest BCUT2D eigenvalue weighted by molar-refractivity contribution is -0.139. The number of methoxy groups -OCH3 is 1. The van der Waals surface area contributed by atoms with Crippen molar-refractivity contribution >= 4 is 11.9 Å². The van der Waals surface area contributed by atoms with E-state index in [1.807, 2.05) is 20.8 Å². The maximum atomic E-state index is 12.2. The van der Waals surface area contributed by atoms with Gasteiger partial charge >= 0.3 is 5.97 Å². The third-order valence-electron chi connectivity index (χ3n) is 3.39. The number of carbonyl (C=O) groups excluding carboxylic acids is 1. The molecule has 1 heterocycles. The highest BCUT2D eigenvalue weighted by atomic mass is 16.5. The molecule has 0 saturated heterocycles. The molecule has 1 amide bonds. The average Bonchev–Trinajstić information content (AvgIpc) is 2.49. The van der Waals surface area contributed by atoms with Crippen LogP contribution in [0.4, 0.5) is 0 Å². The van der Waals surface area contributed by atoms with Gasteiger partial charge in [-0.15, -0.1) is 0 Å². The number of nitrogens with zero attached hydrogens (tertiary/aromatic N) is 2. The number of carboxylic acid groups (broad SMARTS) is 1. The summed E-state index contributed by atoms with van der Waals surface area (Å²) < 4.78 is 6.00. The zero-order chi connectivity index (χ0) is 18.3. The molecule has 1 unspecified atom stereocenters. The zero-order valence-electron chi connectivity index (χ0n) is 14.5. The predicted octanol–water partition coefficient (Wildman–Crippen LogP) is 0.899. The first-order valence-corrected chi connectivity index (χ1v) is 7.75. The molecule has 24 heavy (non-hydrogen) atoms. The highest BCUT2D eigenvalue weighted by molar-refractivity contribution is 5.94. The molecule has 0 saturated carbocycles. The molecule has 0 spiro atoms. The van der Waals surface area contributed by atoms with E-state index in [0.717, 1.165) is 4.68 Å². The van der Waals surface area contributed by atoms with Crippen molar-refractivity contribution < 1.29 is 19.4 Å². The van der Waals surface area contributed by atoms with Gasteiger partial charge in [-0.3, -0.25) is 9.59 Å². The van der Waals surface area contributed by atoms with Gasteiger partial charge in [0.1, 0.15) is 11.7 Å². The van der Waals surface area contributed by atoms with Gasteiger partial charge in [0.25, 0.3) is 11.5 Å². The maximum Gasteiger partial charge on any atom is 0.326 e. The molecule has 2 N–H and O–H groups in total. The largest absolute Gasteiger partial charge is 0.480 e. The summed E-state index contributed by atoms with van der Waals surface area (Å²) in [6.45, 7) is 6.49. The van der Waals surface area contributed by atoms with E-state index < -0.39 is 17.9 Å². The summed E-state index contributed by atoms with van der Waals surface area (Å²) in [7, 11) is 1.49. The van der Waals surface area contributed by atoms with Crippen LogP contribution in [0.5, 0.6) is 0 Å². The fourth-order valence-corrected chi connectivity index (χ4v) is 1.97. The number of amides is 1. The molecule has 0 aliphatic carbocycles. The topological polar surface area (TPSA) is 111 Å². The second-order valence-electron chi connectivity index (χ2n) is 6.74. The predicted molar refractivity (Wildman–Crippen MR) is 88.0 cm³/mol. The zero-order valence-corrected chi connectivity index (χ0v) is 14.5. The fraction of sp³-hybridized carbons (Fsp3) is 0.625. The van der Waals surface area contributed by atoms with Gasteiger partial charge in [0, 0.05) is 13.2 Å². The summed E-state index contributed by atoms with van der Waals surface area (Å²) in [6.07, 6.45) is 0.957. The first kappa shape index (κ1) is 19.8. The quantitative estimate of drug-likeness (QED) is 0.728. The fourth-order valence-electron chi connectivity index (χ4n) is 1.97. The van der Waals surface area contributed by atoms with Crippen LogP contribution in [0.2, 0.25) is 0 Å². The van der Waals surface area contributed by atoms with E-state index in [1.165, 1.54) is 19.2 Å². The summed E-state index contributed by atoms with van der Waals surface area (Å²) in [4.78, 5) is 35.2. The number of aromatic nitrogens is 2. The summed E-state index contributed by atoms with van der Waals surface area (Å²) >= 11 is 0. The molecule has 0 aliphatic rings. The summed E-state index contributed by atoms with van der Waals surface area (Å²) in [5, 5.41) is 15.7. The van der Waals surface area contributed by atoms with Gasteiger partial charge in [0.2, 0.25) is 0 Å². The molecule has 1 rings (SSSR count). The van der Waals surface area contributed by atoms with Crippen LogP contribution in [0.25, 0.3) is 0 Å². The minimum atomic E-state index is -1.10. The van der Waals surface area contributed by atoms with Crippen molar-refractivity contribution in [2.45, 2.75) is 46.2 Å². The van der Waals surface area contributed by atoms with E-state index in [0.29, 0.717) is 12.8 Å². The van der Waals surface area contributed by atoms with Crippen molar-refractivity contribution in [1.29, 1.82) is 0 Å². The van der Waals surface area contributed by atoms with Crippen molar-refractivity contribution in [2.75, 3.05) is 13.7 Å². The number of carbonyl (C=O) groups is 2. The molecule has 1 atom stereocenters. The molecular weight excluding hydrogens is 314 g/mol. The Kier molecular flexibility index (Phi) is 7.09. The van der Waals surface area contributed by atoms with E-state index in [-0.39, 0.29) is 29.8 Å². The van der Waals surface area contributed by atoms with Crippen molar-refractivity contribution in [3.8, 4) is 0 Å². The first-order valence-electron chi connectivity index (χ1n) is 7.75. The first-order chi connectivity index (χ1) is 11.1. The molecule has 0 aromatic carbocycles. The Hall–Kier alpha value is -2.22. The van der Waals surface area contributed by atoms with E-state index in [2.05, 4.69) is 10.4 Å². The van der Waals surface area contributed by atoms with E-state index >= 15 is 0 Å². The maximum absolute atomic E-state index is 12.2. The lowest BCUT2D eigenvalue weighted by Gasteiger charge is -2.21. The normalized spacial score (nSPS) is 12.7. The van der Waals surface area contributed by atoms with Crippen LogP contribution in [-0.4, -0.2) is 46.5 Å². The molecule has 134 valence electrons. The number of rotatable bonds is 8. The second-order valence-corrected chi connectivity index (χ2v) is 6.74. The third-order valence-corrected chi connectivity index (χ3v) is 3.39. The Balaban J connectivity index is 2.84. The number of ether oxygens (including phenoxy) is 1. The Morgan fingerprint density at radius 2 is 2.04 bits per heavy atom. The minimum Gasteiger partial charge on any atom is -0.480 e. The van der Waals surface area contributed by atoms with E-state index in [4.69, 9.17) is 4.74 Å². The molecule has 0 aliphatic heterocycles. The van der Waals surface area contributed by atoms with Gasteiger partial charge in [-0.1, -0.05) is 20.8 Å². The van der Waals surface area contributed by atoms with Crippen molar-refractivity contribution in [3.05, 3.63) is 28.2 Å². The summed E-state index contributed by atoms with van der Waals surface area (Å²) in [5.74, 6) is -1.72. The summed E-state index contributed by atoms with van der Waals surface area (Å²) in [5.41, 5.74) is -0.400. The minimum absolute atomic E-state index is 0.00675. The average molecular weight is 339 g/mol. The smallest absolute Gasteiger partial charge is 0.326 e. The molecule has 0 fully saturated rings. The van der Waals surface area contributed by atoms with Gasteiger partial charge in [-0.25, -0.2) is 9.48 Å². The monoisotopic (exact) mass is 339 g/mol. The van der Waals surface area contributed by atoms with Gasteiger partial charge in [0.05, 0.1) is 13.2 Å². The Bertz CT molecular complexity index is 633. The Morgan fingerprint density at radius 1 is 1.38 bits per heavy atom. The lowest BCUT2D eigenvalue weighted by Crippen LogP contribution is -2.42. The number of aliphatic carboxylic acids is 1. The van der Waals surface area contributed by atoms with Crippen molar-refractivity contribution in [3.63, 3.8) is 0 Å². The second kappa shape index (κ2) is 8.58. The van der Waals surface area contributed by atoms with Crippen LogP contribution in [0.1, 0.15) is 44.1 Å². The molecular formula is C16H25N3O5. The standard InChI is InChI=1S/C16H25N3O5/c1-16(2,3)8-7-12(15(22)23)17-14(21)11-5-6-13(20)19(18-11)9-10-24-4/h5-6,12H,7-10H2,1-4H3,(H,17,21)(H,22,23). The van der Waals surface area contributed by atoms with Crippen LogP contribution in [0.15, 0.2) is 16.9 Å². The van der Waals surface area contributed by atoms with Gasteiger partial charge in [0.15, 0.2) is 0 Å². The lowest BCUT2D eigenvalue weighted by atomic mass is 9.88. The molecule has 8 heteroatoms. The molecule has 0 bridgehead atoms. The Morgan fingerprint density at radius 3 is 2.58 bits per heavy atom. The van der Waals surface area contributed by atoms with Crippen LogP contribution >= 0.6 is 0 Å². The Labute approximate surface area is 140 Å². The van der Waals surface area contributed by atoms with Crippen LogP contribution in [0, 0.1) is 5.41 Å². The molecule has 0 radical (unpaired) electrons. The van der Waals surface area contributed by atoms with Gasteiger partial charge in [-0.05, 0) is 24.3 Å². The molecule has 1 aromatic rings. The number of hydrogen-bond acceptors (Lipinski definition) is 5. The van der Waals surface area contributed by atoms with Gasteiger partial charge in [-0.2, -0.15) is 5.10 Å². The highest BCUT2D eigenvalue weighted by Gasteiger charge is 2.24. The highest BCUT2D eigenvalue weighted by Crippen LogP contribution is 2.21. The van der Waals surface area contributed by atoms with Crippen LogP contribution in [0.3, 0.4) is 0 Å². The van der Waals surface area contributed by atoms with Crippen molar-refractivity contribution in [2.24, 2.45) is 5.41 Å². The van der Waals surface area contributed by atoms with E-state index in [1.54, 1.807) is 0 Å². The van der Waals surface area contributed by atoms with Crippen LogP contribution < -0.4 is 10.9 Å². The van der Waals surface area contributed by atoms with Crippen molar-refractivity contribution in [1.82, 2.24) is 15.1 Å². The number of nitrogens with one attached hydrogen (secondary N) is 1. The summed E-state index contributed by atoms with van der Waals surface area (Å²) in [6, 6.07) is 1.50. The van der Waals surface area contributed by atoms with Gasteiger partial charge < -0.3 is 15.2 Å². The number of carboxylic acids is 1. The SMILES string of the molecule is COCCn1nc(C(=O)NC(CCC(C)(C)C)C(=O)O)ccc1=O. The molecule has 8 nitrogen and oxygen atoms in total. The number of hydrogen-bond donors (Lipinski definition) is 2. The molecule has 1 aromatic heterocycles. The van der Waals surface area contributed by atoms with E-state index in [9.17, 15) is 19.5 Å². The third kappa shape index (κ3) is 6.49.